The minimum Gasteiger partial charge on any atom is -0.456 e. The van der Waals surface area contributed by atoms with Crippen molar-refractivity contribution in [3.05, 3.63) is 23.7 Å². The van der Waals surface area contributed by atoms with Crippen LogP contribution in [0.15, 0.2) is 16.5 Å². The standard InChI is InChI=1S/C15H22N2O5S/c1-12-4-5-14(22-12)15(18)16-6-2-3-13(11-16)23(19,20)17-7-9-21-10-8-17/h4-5,13H,2-3,6-11H2,1H3/t13-/m0/s1. The highest BCUT2D eigenvalue weighted by Gasteiger charge is 2.37. The average molecular weight is 342 g/mol. The van der Waals surface area contributed by atoms with Gasteiger partial charge in [0.25, 0.3) is 5.91 Å². The second-order valence-electron chi connectivity index (χ2n) is 5.98. The molecule has 2 aliphatic rings. The summed E-state index contributed by atoms with van der Waals surface area (Å²) in [4.78, 5) is 14.1. The Hall–Kier alpha value is -1.38. The van der Waals surface area contributed by atoms with Gasteiger partial charge in [-0.3, -0.25) is 4.79 Å². The highest BCUT2D eigenvalue weighted by molar-refractivity contribution is 7.89. The topological polar surface area (TPSA) is 80.1 Å². The van der Waals surface area contributed by atoms with Crippen LogP contribution in [0.3, 0.4) is 0 Å². The molecule has 2 aliphatic heterocycles. The van der Waals surface area contributed by atoms with Crippen LogP contribution in [0.25, 0.3) is 0 Å². The molecule has 0 aliphatic carbocycles. The van der Waals surface area contributed by atoms with Crippen molar-refractivity contribution in [1.29, 1.82) is 0 Å². The summed E-state index contributed by atoms with van der Waals surface area (Å²) in [5.74, 6) is 0.703. The molecule has 0 spiro atoms. The van der Waals surface area contributed by atoms with Gasteiger partial charge in [0.15, 0.2) is 5.76 Å². The van der Waals surface area contributed by atoms with Gasteiger partial charge >= 0.3 is 0 Å². The van der Waals surface area contributed by atoms with Gasteiger partial charge in [0.2, 0.25) is 10.0 Å². The molecule has 0 radical (unpaired) electrons. The van der Waals surface area contributed by atoms with Crippen LogP contribution in [-0.4, -0.2) is 68.2 Å². The normalized spacial score (nSPS) is 23.9. The summed E-state index contributed by atoms with van der Waals surface area (Å²) in [7, 11) is -3.40. The number of amides is 1. The Kier molecular flexibility index (Phi) is 4.74. The minimum absolute atomic E-state index is 0.221. The van der Waals surface area contributed by atoms with Gasteiger partial charge in [-0.1, -0.05) is 0 Å². The van der Waals surface area contributed by atoms with Crippen LogP contribution >= 0.6 is 0 Å². The van der Waals surface area contributed by atoms with E-state index in [2.05, 4.69) is 0 Å². The number of carbonyl (C=O) groups excluding carboxylic acids is 1. The molecule has 0 unspecified atom stereocenters. The van der Waals surface area contributed by atoms with Crippen LogP contribution in [0.2, 0.25) is 0 Å². The molecule has 128 valence electrons. The lowest BCUT2D eigenvalue weighted by molar-refractivity contribution is 0.0666. The molecule has 8 heteroatoms. The molecule has 1 amide bonds. The van der Waals surface area contributed by atoms with Crippen LogP contribution in [0.5, 0.6) is 0 Å². The lowest BCUT2D eigenvalue weighted by atomic mass is 10.1. The number of hydrogen-bond donors (Lipinski definition) is 0. The van der Waals surface area contributed by atoms with E-state index in [1.165, 1.54) is 4.31 Å². The van der Waals surface area contributed by atoms with E-state index in [4.69, 9.17) is 9.15 Å². The summed E-state index contributed by atoms with van der Waals surface area (Å²) in [6.45, 7) is 4.21. The molecule has 1 atom stereocenters. The maximum Gasteiger partial charge on any atom is 0.289 e. The highest BCUT2D eigenvalue weighted by Crippen LogP contribution is 2.23. The second kappa shape index (κ2) is 6.62. The molecule has 1 aromatic heterocycles. The number of carbonyl (C=O) groups is 1. The van der Waals surface area contributed by atoms with Gasteiger partial charge in [-0.05, 0) is 31.9 Å². The predicted molar refractivity (Wildman–Crippen MR) is 83.7 cm³/mol. The fourth-order valence-electron chi connectivity index (χ4n) is 3.08. The first-order valence-electron chi connectivity index (χ1n) is 7.91. The van der Waals surface area contributed by atoms with Gasteiger partial charge in [0.1, 0.15) is 5.76 Å². The summed E-state index contributed by atoms with van der Waals surface area (Å²) < 4.78 is 37.6. The Labute approximate surface area is 136 Å². The smallest absolute Gasteiger partial charge is 0.289 e. The van der Waals surface area contributed by atoms with Crippen LogP contribution in [-0.2, 0) is 14.8 Å². The maximum atomic E-state index is 12.8. The van der Waals surface area contributed by atoms with Crippen molar-refractivity contribution in [2.75, 3.05) is 39.4 Å². The van der Waals surface area contributed by atoms with Gasteiger partial charge in [-0.2, -0.15) is 4.31 Å². The Balaban J connectivity index is 1.71. The number of aryl methyl sites for hydroxylation is 1. The molecule has 0 bridgehead atoms. The molecule has 7 nitrogen and oxygen atoms in total. The average Bonchev–Trinajstić information content (AvgIpc) is 3.01. The Bertz CT molecular complexity index is 663. The molecule has 3 heterocycles. The van der Waals surface area contributed by atoms with E-state index in [1.54, 1.807) is 24.0 Å². The first-order valence-corrected chi connectivity index (χ1v) is 9.41. The zero-order valence-electron chi connectivity index (χ0n) is 13.2. The fraction of sp³-hybridized carbons (Fsp3) is 0.667. The SMILES string of the molecule is Cc1ccc(C(=O)N2CCC[C@H](S(=O)(=O)N3CCOCC3)C2)o1. The van der Waals surface area contributed by atoms with Crippen LogP contribution < -0.4 is 0 Å². The van der Waals surface area contributed by atoms with Crippen molar-refractivity contribution < 1.29 is 22.4 Å². The molecule has 2 saturated heterocycles. The molecule has 3 rings (SSSR count). The Morgan fingerprint density at radius 3 is 2.61 bits per heavy atom. The Morgan fingerprint density at radius 2 is 1.96 bits per heavy atom. The van der Waals surface area contributed by atoms with E-state index in [1.807, 2.05) is 0 Å². The summed E-state index contributed by atoms with van der Waals surface area (Å²) in [5, 5.41) is -0.547. The molecule has 0 saturated carbocycles. The number of nitrogens with zero attached hydrogens (tertiary/aromatic N) is 2. The molecule has 0 aromatic carbocycles. The predicted octanol–water partition coefficient (Wildman–Crippen LogP) is 0.855. The van der Waals surface area contributed by atoms with E-state index >= 15 is 0 Å². The third kappa shape index (κ3) is 3.44. The molecular formula is C15H22N2O5S. The number of likely N-dealkylation sites (tertiary alicyclic amines) is 1. The number of hydrogen-bond acceptors (Lipinski definition) is 5. The minimum atomic E-state index is -3.40. The monoisotopic (exact) mass is 342 g/mol. The zero-order valence-corrected chi connectivity index (χ0v) is 14.0. The highest BCUT2D eigenvalue weighted by atomic mass is 32.2. The number of ether oxygens (including phenoxy) is 1. The first kappa shape index (κ1) is 16.5. The van der Waals surface area contributed by atoms with Crippen molar-refractivity contribution in [1.82, 2.24) is 9.21 Å². The van der Waals surface area contributed by atoms with Crippen molar-refractivity contribution in [3.63, 3.8) is 0 Å². The number of piperidine rings is 1. The Morgan fingerprint density at radius 1 is 1.22 bits per heavy atom. The van der Waals surface area contributed by atoms with Crippen LogP contribution in [0.1, 0.15) is 29.2 Å². The quantitative estimate of drug-likeness (QED) is 0.814. The van der Waals surface area contributed by atoms with E-state index in [0.29, 0.717) is 51.4 Å². The van der Waals surface area contributed by atoms with Crippen molar-refractivity contribution in [3.8, 4) is 0 Å². The molecule has 2 fully saturated rings. The van der Waals surface area contributed by atoms with Gasteiger partial charge in [0, 0.05) is 26.2 Å². The first-order chi connectivity index (χ1) is 11.0. The summed E-state index contributed by atoms with van der Waals surface area (Å²) in [6, 6.07) is 3.37. The number of sulfonamides is 1. The summed E-state index contributed by atoms with van der Waals surface area (Å²) in [5.41, 5.74) is 0. The van der Waals surface area contributed by atoms with Crippen molar-refractivity contribution in [2.24, 2.45) is 0 Å². The van der Waals surface area contributed by atoms with Crippen LogP contribution in [0, 0.1) is 6.92 Å². The molecular weight excluding hydrogens is 320 g/mol. The maximum absolute atomic E-state index is 12.8. The number of furan rings is 1. The fourth-order valence-corrected chi connectivity index (χ4v) is 5.00. The molecule has 23 heavy (non-hydrogen) atoms. The second-order valence-corrected chi connectivity index (χ2v) is 8.20. The van der Waals surface area contributed by atoms with Gasteiger partial charge in [0.05, 0.1) is 18.5 Å². The zero-order chi connectivity index (χ0) is 16.4. The van der Waals surface area contributed by atoms with E-state index in [-0.39, 0.29) is 18.2 Å². The van der Waals surface area contributed by atoms with E-state index in [0.717, 1.165) is 0 Å². The molecule has 1 aromatic rings. The largest absolute Gasteiger partial charge is 0.456 e. The lowest BCUT2D eigenvalue weighted by Gasteiger charge is -2.36. The summed E-state index contributed by atoms with van der Waals surface area (Å²) in [6.07, 6.45) is 1.26. The molecule has 0 N–H and O–H groups in total. The third-order valence-electron chi connectivity index (χ3n) is 4.37. The van der Waals surface area contributed by atoms with Crippen molar-refractivity contribution in [2.45, 2.75) is 25.0 Å². The third-order valence-corrected chi connectivity index (χ3v) is 6.68. The summed E-state index contributed by atoms with van der Waals surface area (Å²) >= 11 is 0. The van der Waals surface area contributed by atoms with Gasteiger partial charge in [-0.25, -0.2) is 8.42 Å². The van der Waals surface area contributed by atoms with Crippen molar-refractivity contribution >= 4 is 15.9 Å². The van der Waals surface area contributed by atoms with Crippen LogP contribution in [0.4, 0.5) is 0 Å². The van der Waals surface area contributed by atoms with E-state index in [9.17, 15) is 13.2 Å². The van der Waals surface area contributed by atoms with Gasteiger partial charge < -0.3 is 14.1 Å². The number of rotatable bonds is 3. The number of morpholine rings is 1. The van der Waals surface area contributed by atoms with Gasteiger partial charge in [-0.15, -0.1) is 0 Å². The lowest BCUT2D eigenvalue weighted by Crippen LogP contribution is -2.51. The van der Waals surface area contributed by atoms with E-state index < -0.39 is 15.3 Å².